The summed E-state index contributed by atoms with van der Waals surface area (Å²) in [5.74, 6) is -0.0900. The lowest BCUT2D eigenvalue weighted by atomic mass is 10.1. The third-order valence-electron chi connectivity index (χ3n) is 2.87. The van der Waals surface area contributed by atoms with Crippen LogP contribution in [0, 0.1) is 0 Å². The molecule has 1 aromatic rings. The summed E-state index contributed by atoms with van der Waals surface area (Å²) in [6.45, 7) is 2.38. The summed E-state index contributed by atoms with van der Waals surface area (Å²) in [7, 11) is 4.78. The fourth-order valence-electron chi connectivity index (χ4n) is 1.78. The summed E-state index contributed by atoms with van der Waals surface area (Å²) in [6, 6.07) is 4.08. The van der Waals surface area contributed by atoms with Gasteiger partial charge in [-0.2, -0.15) is 0 Å². The molecule has 8 heteroatoms. The summed E-state index contributed by atoms with van der Waals surface area (Å²) in [5.41, 5.74) is 6.55. The number of amides is 2. The van der Waals surface area contributed by atoms with Gasteiger partial charge in [-0.25, -0.2) is 0 Å². The van der Waals surface area contributed by atoms with Crippen molar-refractivity contribution in [1.29, 1.82) is 0 Å². The molecule has 0 bridgehead atoms. The molecule has 0 radical (unpaired) electrons. The Balaban J connectivity index is 0.00000484. The summed E-state index contributed by atoms with van der Waals surface area (Å²) in [4.78, 5) is 25.5. The molecule has 0 aromatic heterocycles. The second-order valence-electron chi connectivity index (χ2n) is 4.89. The largest absolute Gasteiger partial charge is 0.492 e. The van der Waals surface area contributed by atoms with Crippen LogP contribution < -0.4 is 15.8 Å². The Kier molecular flexibility index (Phi) is 9.24. The highest BCUT2D eigenvalue weighted by atomic mass is 35.5. The van der Waals surface area contributed by atoms with Crippen molar-refractivity contribution in [2.24, 2.45) is 5.73 Å². The molecule has 1 atom stereocenters. The van der Waals surface area contributed by atoms with E-state index >= 15 is 0 Å². The molecule has 2 amide bonds. The van der Waals surface area contributed by atoms with Crippen molar-refractivity contribution in [2.75, 3.05) is 39.7 Å². The Morgan fingerprint density at radius 3 is 2.52 bits per heavy atom. The molecule has 0 aliphatic carbocycles. The van der Waals surface area contributed by atoms with Gasteiger partial charge in [0, 0.05) is 26.8 Å². The minimum absolute atomic E-state index is 0. The average Bonchev–Trinajstić information content (AvgIpc) is 2.48. The van der Waals surface area contributed by atoms with E-state index in [4.69, 9.17) is 15.2 Å². The highest BCUT2D eigenvalue weighted by Crippen LogP contribution is 2.26. The maximum Gasteiger partial charge on any atom is 0.253 e. The first kappa shape index (κ1) is 21.2. The molecule has 7 nitrogen and oxygen atoms in total. The third kappa shape index (κ3) is 6.05. The van der Waals surface area contributed by atoms with Crippen LogP contribution in [0.15, 0.2) is 18.2 Å². The van der Waals surface area contributed by atoms with Crippen LogP contribution in [0.4, 0.5) is 5.69 Å². The fraction of sp³-hybridized carbons (Fsp3) is 0.467. The number of ether oxygens (including phenoxy) is 2. The van der Waals surface area contributed by atoms with Gasteiger partial charge in [0.15, 0.2) is 0 Å². The van der Waals surface area contributed by atoms with E-state index in [0.717, 1.165) is 0 Å². The number of benzene rings is 1. The molecule has 23 heavy (non-hydrogen) atoms. The zero-order valence-corrected chi connectivity index (χ0v) is 14.6. The molecule has 3 N–H and O–H groups in total. The predicted molar refractivity (Wildman–Crippen MR) is 91.4 cm³/mol. The molecule has 0 spiro atoms. The number of carbonyl (C=O) groups is 2. The molecule has 0 fully saturated rings. The maximum atomic E-state index is 12.0. The number of carbonyl (C=O) groups excluding carboxylic acids is 2. The van der Waals surface area contributed by atoms with Gasteiger partial charge in [-0.05, 0) is 25.1 Å². The molecule has 0 saturated carbocycles. The van der Waals surface area contributed by atoms with Gasteiger partial charge in [-0.1, -0.05) is 0 Å². The lowest BCUT2D eigenvalue weighted by Gasteiger charge is -2.17. The van der Waals surface area contributed by atoms with Crippen LogP contribution in [0.25, 0.3) is 0 Å². The number of hydrogen-bond donors (Lipinski definition) is 2. The van der Waals surface area contributed by atoms with Crippen molar-refractivity contribution < 1.29 is 19.1 Å². The normalized spacial score (nSPS) is 11.2. The molecule has 0 heterocycles. The van der Waals surface area contributed by atoms with Crippen LogP contribution in [0.5, 0.6) is 5.75 Å². The highest BCUT2D eigenvalue weighted by Gasteiger charge is 2.17. The SMILES string of the molecule is CCOc1ccc(C(=O)N(C)C)cc1NC(=O)C(N)COC.Cl. The van der Waals surface area contributed by atoms with Gasteiger partial charge in [0.2, 0.25) is 5.91 Å². The van der Waals surface area contributed by atoms with Crippen LogP contribution in [-0.4, -0.2) is 57.2 Å². The van der Waals surface area contributed by atoms with Crippen molar-refractivity contribution in [3.63, 3.8) is 0 Å². The topological polar surface area (TPSA) is 93.9 Å². The first-order valence-electron chi connectivity index (χ1n) is 6.94. The average molecular weight is 346 g/mol. The first-order valence-corrected chi connectivity index (χ1v) is 6.94. The van der Waals surface area contributed by atoms with E-state index in [2.05, 4.69) is 5.32 Å². The fourth-order valence-corrected chi connectivity index (χ4v) is 1.78. The highest BCUT2D eigenvalue weighted by molar-refractivity contribution is 5.99. The van der Waals surface area contributed by atoms with Gasteiger partial charge in [-0.3, -0.25) is 9.59 Å². The minimum atomic E-state index is -0.798. The van der Waals surface area contributed by atoms with Crippen LogP contribution in [-0.2, 0) is 9.53 Å². The molecule has 0 saturated heterocycles. The summed E-state index contributed by atoms with van der Waals surface area (Å²) in [5, 5.41) is 2.67. The number of rotatable bonds is 7. The standard InChI is InChI=1S/C15H23N3O4.ClH/c1-5-22-13-7-6-10(15(20)18(2)3)8-12(13)17-14(19)11(16)9-21-4;/h6-8,11H,5,9,16H2,1-4H3,(H,17,19);1H. The Hall–Kier alpha value is -1.83. The number of halogens is 1. The number of nitrogens with two attached hydrogens (primary N) is 1. The monoisotopic (exact) mass is 345 g/mol. The Morgan fingerprint density at radius 1 is 1.35 bits per heavy atom. The van der Waals surface area contributed by atoms with E-state index in [1.54, 1.807) is 32.3 Å². The van der Waals surface area contributed by atoms with Crippen molar-refractivity contribution >= 4 is 29.9 Å². The second kappa shape index (κ2) is 10.0. The van der Waals surface area contributed by atoms with Crippen molar-refractivity contribution in [3.05, 3.63) is 23.8 Å². The maximum absolute atomic E-state index is 12.0. The van der Waals surface area contributed by atoms with E-state index in [9.17, 15) is 9.59 Å². The predicted octanol–water partition coefficient (Wildman–Crippen LogP) is 1.12. The molecule has 0 aliphatic rings. The van der Waals surface area contributed by atoms with E-state index in [-0.39, 0.29) is 24.9 Å². The van der Waals surface area contributed by atoms with E-state index < -0.39 is 11.9 Å². The van der Waals surface area contributed by atoms with Crippen LogP contribution in [0.3, 0.4) is 0 Å². The minimum Gasteiger partial charge on any atom is -0.492 e. The van der Waals surface area contributed by atoms with Gasteiger partial charge in [0.1, 0.15) is 11.8 Å². The van der Waals surface area contributed by atoms with Gasteiger partial charge in [0.25, 0.3) is 5.91 Å². The first-order chi connectivity index (χ1) is 10.4. The zero-order chi connectivity index (χ0) is 16.7. The molecule has 0 aliphatic heterocycles. The summed E-state index contributed by atoms with van der Waals surface area (Å²) in [6.07, 6.45) is 0. The summed E-state index contributed by atoms with van der Waals surface area (Å²) >= 11 is 0. The van der Waals surface area contributed by atoms with Crippen molar-refractivity contribution in [2.45, 2.75) is 13.0 Å². The number of nitrogens with one attached hydrogen (secondary N) is 1. The lowest BCUT2D eigenvalue weighted by Crippen LogP contribution is -2.39. The third-order valence-corrected chi connectivity index (χ3v) is 2.87. The number of methoxy groups -OCH3 is 1. The number of hydrogen-bond acceptors (Lipinski definition) is 5. The molecule has 130 valence electrons. The van der Waals surface area contributed by atoms with E-state index in [1.165, 1.54) is 12.0 Å². The van der Waals surface area contributed by atoms with E-state index in [1.807, 2.05) is 6.92 Å². The zero-order valence-electron chi connectivity index (χ0n) is 13.8. The van der Waals surface area contributed by atoms with E-state index in [0.29, 0.717) is 23.6 Å². The van der Waals surface area contributed by atoms with Crippen molar-refractivity contribution in [3.8, 4) is 5.75 Å². The van der Waals surface area contributed by atoms with Crippen LogP contribution in [0.1, 0.15) is 17.3 Å². The molecular formula is C15H24ClN3O4. The molecular weight excluding hydrogens is 322 g/mol. The Bertz CT molecular complexity index is 537. The number of nitrogens with zero attached hydrogens (tertiary/aromatic N) is 1. The molecule has 1 unspecified atom stereocenters. The molecule has 1 aromatic carbocycles. The van der Waals surface area contributed by atoms with Gasteiger partial charge < -0.3 is 25.4 Å². The van der Waals surface area contributed by atoms with Crippen LogP contribution >= 0.6 is 12.4 Å². The summed E-state index contributed by atoms with van der Waals surface area (Å²) < 4.78 is 10.3. The lowest BCUT2D eigenvalue weighted by molar-refractivity contribution is -0.118. The quantitative estimate of drug-likeness (QED) is 0.772. The smallest absolute Gasteiger partial charge is 0.253 e. The van der Waals surface area contributed by atoms with Gasteiger partial charge >= 0.3 is 0 Å². The van der Waals surface area contributed by atoms with Gasteiger partial charge in [0.05, 0.1) is 18.9 Å². The van der Waals surface area contributed by atoms with Crippen LogP contribution in [0.2, 0.25) is 0 Å². The number of anilines is 1. The Morgan fingerprint density at radius 2 is 2.00 bits per heavy atom. The van der Waals surface area contributed by atoms with Crippen molar-refractivity contribution in [1.82, 2.24) is 4.90 Å². The molecule has 1 rings (SSSR count). The van der Waals surface area contributed by atoms with Gasteiger partial charge in [-0.15, -0.1) is 12.4 Å². The second-order valence-corrected chi connectivity index (χ2v) is 4.89. The Labute approximate surface area is 142 Å².